The molecule has 1 heteroatoms. The van der Waals surface area contributed by atoms with Crippen LogP contribution in [0.5, 0.6) is 0 Å². The minimum Gasteiger partial charge on any atom is -0.288 e. The second-order valence-corrected chi connectivity index (χ2v) is 2.67. The van der Waals surface area contributed by atoms with Crippen molar-refractivity contribution >= 4 is 6.21 Å². The van der Waals surface area contributed by atoms with Crippen LogP contribution in [-0.4, -0.2) is 6.21 Å². The van der Waals surface area contributed by atoms with Gasteiger partial charge in [0.2, 0.25) is 0 Å². The van der Waals surface area contributed by atoms with Crippen LogP contribution in [0, 0.1) is 6.92 Å². The van der Waals surface area contributed by atoms with Crippen molar-refractivity contribution in [2.75, 3.05) is 0 Å². The zero-order valence-corrected chi connectivity index (χ0v) is 7.96. The van der Waals surface area contributed by atoms with Crippen LogP contribution < -0.4 is 0 Å². The molecule has 1 heterocycles. The summed E-state index contributed by atoms with van der Waals surface area (Å²) < 4.78 is 0. The predicted molar refractivity (Wildman–Crippen MR) is 53.8 cm³/mol. The second-order valence-electron chi connectivity index (χ2n) is 2.67. The molecule has 0 bridgehead atoms. The highest BCUT2D eigenvalue weighted by atomic mass is 14.7. The molecule has 64 valence electrons. The van der Waals surface area contributed by atoms with Gasteiger partial charge < -0.3 is 0 Å². The van der Waals surface area contributed by atoms with Gasteiger partial charge in [0, 0.05) is 6.21 Å². The number of aryl methyl sites for hydroxylation is 1. The van der Waals surface area contributed by atoms with Gasteiger partial charge in [-0.1, -0.05) is 37.6 Å². The first-order valence-electron chi connectivity index (χ1n) is 4.45. The Morgan fingerprint density at radius 1 is 1.25 bits per heavy atom. The fourth-order valence-corrected chi connectivity index (χ4v) is 1.22. The maximum Gasteiger partial charge on any atom is 0.0646 e. The van der Waals surface area contributed by atoms with E-state index >= 15 is 0 Å². The normalized spacial score (nSPS) is 11.9. The molecule has 0 spiro atoms. The van der Waals surface area contributed by atoms with Crippen LogP contribution in [0.4, 0.5) is 0 Å². The van der Waals surface area contributed by atoms with Gasteiger partial charge in [0.05, 0.1) is 6.54 Å². The van der Waals surface area contributed by atoms with E-state index in [4.69, 9.17) is 0 Å². The zero-order chi connectivity index (χ0) is 8.97. The fraction of sp³-hybridized carbons (Fsp3) is 0.364. The molecular weight excluding hydrogens is 146 g/mol. The summed E-state index contributed by atoms with van der Waals surface area (Å²) in [7, 11) is 0. The van der Waals surface area contributed by atoms with Crippen LogP contribution in [0.25, 0.3) is 0 Å². The Balaban J connectivity index is 0.000000336. The Morgan fingerprint density at radius 2 is 2.00 bits per heavy atom. The van der Waals surface area contributed by atoms with Gasteiger partial charge in [-0.15, -0.1) is 0 Å². The second kappa shape index (κ2) is 4.05. The predicted octanol–water partition coefficient (Wildman–Crippen LogP) is 2.95. The zero-order valence-electron chi connectivity index (χ0n) is 7.96. The van der Waals surface area contributed by atoms with Crippen LogP contribution in [0.3, 0.4) is 0 Å². The molecule has 1 aromatic carbocycles. The first kappa shape index (κ1) is 8.98. The van der Waals surface area contributed by atoms with Crippen LogP contribution >= 0.6 is 0 Å². The molecular formula is C11H15N. The first-order chi connectivity index (χ1) is 5.86. The van der Waals surface area contributed by atoms with Crippen molar-refractivity contribution in [2.45, 2.75) is 27.3 Å². The van der Waals surface area contributed by atoms with Crippen LogP contribution in [0.15, 0.2) is 23.2 Å². The number of rotatable bonds is 0. The third kappa shape index (κ3) is 1.73. The number of hydrogen-bond acceptors (Lipinski definition) is 1. The minimum absolute atomic E-state index is 0.871. The molecule has 1 nitrogen and oxygen atoms in total. The van der Waals surface area contributed by atoms with Crippen molar-refractivity contribution in [1.82, 2.24) is 0 Å². The highest BCUT2D eigenvalue weighted by Crippen LogP contribution is 2.15. The number of benzene rings is 1. The topological polar surface area (TPSA) is 12.4 Å². The average Bonchev–Trinajstić information content (AvgIpc) is 2.54. The lowest BCUT2D eigenvalue weighted by molar-refractivity contribution is 1.11. The van der Waals surface area contributed by atoms with Gasteiger partial charge in [-0.3, -0.25) is 4.99 Å². The molecule has 1 aromatic rings. The lowest BCUT2D eigenvalue weighted by Gasteiger charge is -1.96. The Morgan fingerprint density at radius 3 is 2.75 bits per heavy atom. The Kier molecular flexibility index (Phi) is 3.03. The van der Waals surface area contributed by atoms with Gasteiger partial charge in [-0.2, -0.15) is 0 Å². The van der Waals surface area contributed by atoms with E-state index in [1.54, 1.807) is 0 Å². The van der Waals surface area contributed by atoms with E-state index in [1.807, 2.05) is 20.1 Å². The van der Waals surface area contributed by atoms with Crippen LogP contribution in [0.1, 0.15) is 30.5 Å². The number of aliphatic imine (C=N–C) groups is 1. The molecule has 0 aromatic heterocycles. The lowest BCUT2D eigenvalue weighted by Crippen LogP contribution is -1.83. The van der Waals surface area contributed by atoms with E-state index in [-0.39, 0.29) is 0 Å². The first-order valence-corrected chi connectivity index (χ1v) is 4.45. The van der Waals surface area contributed by atoms with Gasteiger partial charge in [0.1, 0.15) is 0 Å². The summed E-state index contributed by atoms with van der Waals surface area (Å²) in [5, 5.41) is 0. The molecule has 0 atom stereocenters. The Labute approximate surface area is 74.2 Å². The summed E-state index contributed by atoms with van der Waals surface area (Å²) in [6.45, 7) is 6.97. The molecule has 2 rings (SSSR count). The van der Waals surface area contributed by atoms with Gasteiger partial charge in [-0.25, -0.2) is 0 Å². The van der Waals surface area contributed by atoms with Crippen molar-refractivity contribution < 1.29 is 0 Å². The van der Waals surface area contributed by atoms with Gasteiger partial charge in [0.25, 0.3) is 0 Å². The van der Waals surface area contributed by atoms with E-state index < -0.39 is 0 Å². The number of hydrogen-bond donors (Lipinski definition) is 0. The summed E-state index contributed by atoms with van der Waals surface area (Å²) in [6.07, 6.45) is 1.95. The van der Waals surface area contributed by atoms with E-state index in [1.165, 1.54) is 16.7 Å². The maximum absolute atomic E-state index is 4.17. The lowest BCUT2D eigenvalue weighted by atomic mass is 10.1. The van der Waals surface area contributed by atoms with Gasteiger partial charge >= 0.3 is 0 Å². The molecule has 0 fully saturated rings. The third-order valence-corrected chi connectivity index (χ3v) is 1.79. The Hall–Kier alpha value is -1.11. The van der Waals surface area contributed by atoms with Crippen molar-refractivity contribution in [3.05, 3.63) is 34.9 Å². The highest BCUT2D eigenvalue weighted by molar-refractivity contribution is 5.84. The molecule has 1 aliphatic heterocycles. The molecule has 0 unspecified atom stereocenters. The number of fused-ring (bicyclic) bond motifs is 1. The average molecular weight is 161 g/mol. The molecule has 0 radical (unpaired) electrons. The third-order valence-electron chi connectivity index (χ3n) is 1.79. The maximum atomic E-state index is 4.17. The van der Waals surface area contributed by atoms with Gasteiger partial charge in [0.15, 0.2) is 0 Å². The molecule has 1 aliphatic rings. The highest BCUT2D eigenvalue weighted by Gasteiger charge is 2.03. The van der Waals surface area contributed by atoms with Crippen molar-refractivity contribution in [1.29, 1.82) is 0 Å². The quantitative estimate of drug-likeness (QED) is 0.554. The monoisotopic (exact) mass is 161 g/mol. The SMILES string of the molecule is CC.Cc1ccc2c(c1)C=NC2. The summed E-state index contributed by atoms with van der Waals surface area (Å²) in [5.74, 6) is 0. The number of nitrogens with zero attached hydrogens (tertiary/aromatic N) is 1. The molecule has 0 amide bonds. The molecule has 12 heavy (non-hydrogen) atoms. The summed E-state index contributed by atoms with van der Waals surface area (Å²) in [6, 6.07) is 6.46. The van der Waals surface area contributed by atoms with Gasteiger partial charge in [-0.05, 0) is 18.1 Å². The molecule has 0 saturated carbocycles. The fourth-order valence-electron chi connectivity index (χ4n) is 1.22. The van der Waals surface area contributed by atoms with E-state index in [0.717, 1.165) is 6.54 Å². The minimum atomic E-state index is 0.871. The van der Waals surface area contributed by atoms with E-state index in [9.17, 15) is 0 Å². The summed E-state index contributed by atoms with van der Waals surface area (Å²) >= 11 is 0. The standard InChI is InChI=1S/C9H9N.C2H6/c1-7-2-3-8-5-10-6-9(8)4-7;1-2/h2-4,6H,5H2,1H3;1-2H3. The molecule has 0 aliphatic carbocycles. The van der Waals surface area contributed by atoms with Crippen molar-refractivity contribution in [2.24, 2.45) is 4.99 Å². The molecule has 0 saturated heterocycles. The van der Waals surface area contributed by atoms with E-state index in [2.05, 4.69) is 30.1 Å². The summed E-state index contributed by atoms with van der Waals surface area (Å²) in [4.78, 5) is 4.17. The van der Waals surface area contributed by atoms with Crippen molar-refractivity contribution in [3.63, 3.8) is 0 Å². The van der Waals surface area contributed by atoms with Crippen LogP contribution in [0.2, 0.25) is 0 Å². The summed E-state index contributed by atoms with van der Waals surface area (Å²) in [5.41, 5.74) is 3.96. The van der Waals surface area contributed by atoms with Crippen molar-refractivity contribution in [3.8, 4) is 0 Å². The molecule has 0 N–H and O–H groups in total. The smallest absolute Gasteiger partial charge is 0.0646 e. The van der Waals surface area contributed by atoms with E-state index in [0.29, 0.717) is 0 Å². The Bertz CT molecular complexity index is 287. The largest absolute Gasteiger partial charge is 0.288 e. The van der Waals surface area contributed by atoms with Crippen LogP contribution in [-0.2, 0) is 6.54 Å².